The van der Waals surface area contributed by atoms with E-state index in [9.17, 15) is 18.0 Å². The maximum Gasteiger partial charge on any atom is 0.265 e. The van der Waals surface area contributed by atoms with E-state index in [1.807, 2.05) is 36.4 Å². The molecule has 0 aliphatic rings. The number of carbonyl (C=O) groups excluding carboxylic acids is 2. The first-order chi connectivity index (χ1) is 14.7. The quantitative estimate of drug-likeness (QED) is 0.474. The molecule has 10 heteroatoms. The van der Waals surface area contributed by atoms with Crippen LogP contribution in [0.25, 0.3) is 11.3 Å². The van der Waals surface area contributed by atoms with Gasteiger partial charge in [-0.3, -0.25) is 19.1 Å². The second-order valence-electron chi connectivity index (χ2n) is 6.73. The van der Waals surface area contributed by atoms with Crippen molar-refractivity contribution in [1.29, 1.82) is 0 Å². The first-order valence-corrected chi connectivity index (χ1v) is 12.0. The molecular formula is C21H21N3O5S2. The van der Waals surface area contributed by atoms with E-state index < -0.39 is 28.0 Å². The molecule has 2 amide bonds. The van der Waals surface area contributed by atoms with E-state index in [4.69, 9.17) is 9.92 Å². The molecular weight excluding hydrogens is 438 g/mol. The number of anilines is 1. The Hall–Kier alpha value is -3.08. The fourth-order valence-electron chi connectivity index (χ4n) is 2.89. The Balaban J connectivity index is 1.81. The Morgan fingerprint density at radius 3 is 2.29 bits per heavy atom. The van der Waals surface area contributed by atoms with Crippen LogP contribution in [0.3, 0.4) is 0 Å². The van der Waals surface area contributed by atoms with Crippen LogP contribution in [-0.2, 0) is 25.5 Å². The Morgan fingerprint density at radius 1 is 1.10 bits per heavy atom. The van der Waals surface area contributed by atoms with Crippen molar-refractivity contribution in [2.24, 2.45) is 5.73 Å². The first kappa shape index (κ1) is 22.6. The van der Waals surface area contributed by atoms with Crippen molar-refractivity contribution < 1.29 is 22.2 Å². The molecule has 31 heavy (non-hydrogen) atoms. The Labute approximate surface area is 184 Å². The molecule has 3 N–H and O–H groups in total. The summed E-state index contributed by atoms with van der Waals surface area (Å²) in [6.07, 6.45) is 0.213. The van der Waals surface area contributed by atoms with Gasteiger partial charge >= 0.3 is 0 Å². The summed E-state index contributed by atoms with van der Waals surface area (Å²) >= 11 is 0.918. The van der Waals surface area contributed by atoms with Crippen molar-refractivity contribution in [2.45, 2.75) is 18.9 Å². The molecule has 0 aliphatic heterocycles. The summed E-state index contributed by atoms with van der Waals surface area (Å²) in [5.41, 5.74) is 7.42. The highest BCUT2D eigenvalue weighted by Crippen LogP contribution is 2.31. The van der Waals surface area contributed by atoms with Gasteiger partial charge < -0.3 is 5.73 Å². The van der Waals surface area contributed by atoms with Gasteiger partial charge in [0.25, 0.3) is 21.9 Å². The standard InChI is InChI=1S/C21H21N3O5S2/c1-31(27,28)29-16(13-12-14-8-4-2-5-9-14)20(26)24-21-23-17(18(30-21)19(22)25)15-10-6-3-7-11-15/h2-11,16H,12-13H2,1H3,(H2,22,25)(H,23,24,26)/t16-/m1/s1. The van der Waals surface area contributed by atoms with E-state index in [0.717, 1.165) is 23.2 Å². The lowest BCUT2D eigenvalue weighted by Crippen LogP contribution is -2.32. The maximum absolute atomic E-state index is 12.8. The van der Waals surface area contributed by atoms with E-state index in [-0.39, 0.29) is 16.4 Å². The lowest BCUT2D eigenvalue weighted by Gasteiger charge is -2.15. The fourth-order valence-corrected chi connectivity index (χ4v) is 4.34. The number of benzene rings is 2. The first-order valence-electron chi connectivity index (χ1n) is 9.32. The van der Waals surface area contributed by atoms with E-state index >= 15 is 0 Å². The molecule has 0 aliphatic carbocycles. The van der Waals surface area contributed by atoms with Crippen molar-refractivity contribution in [3.8, 4) is 11.3 Å². The molecule has 0 fully saturated rings. The van der Waals surface area contributed by atoms with E-state index in [1.165, 1.54) is 0 Å². The third kappa shape index (κ3) is 6.45. The highest BCUT2D eigenvalue weighted by molar-refractivity contribution is 7.86. The second kappa shape index (κ2) is 9.82. The van der Waals surface area contributed by atoms with Crippen LogP contribution >= 0.6 is 11.3 Å². The number of nitrogens with one attached hydrogen (secondary N) is 1. The fraction of sp³-hybridized carbons (Fsp3) is 0.190. The van der Waals surface area contributed by atoms with Gasteiger partial charge in [-0.25, -0.2) is 4.98 Å². The minimum absolute atomic E-state index is 0.125. The number of amides is 2. The van der Waals surface area contributed by atoms with Crippen molar-refractivity contribution in [3.05, 3.63) is 71.1 Å². The Kier molecular flexibility index (Phi) is 7.16. The molecule has 8 nitrogen and oxygen atoms in total. The minimum atomic E-state index is -3.88. The Bertz CT molecular complexity index is 1160. The number of aryl methyl sites for hydroxylation is 1. The predicted molar refractivity (Wildman–Crippen MR) is 119 cm³/mol. The Morgan fingerprint density at radius 2 is 1.71 bits per heavy atom. The zero-order valence-electron chi connectivity index (χ0n) is 16.6. The number of nitrogens with two attached hydrogens (primary N) is 1. The number of rotatable bonds is 9. The molecule has 3 aromatic rings. The van der Waals surface area contributed by atoms with Gasteiger partial charge in [0, 0.05) is 5.56 Å². The molecule has 1 atom stereocenters. The molecule has 1 aromatic heterocycles. The maximum atomic E-state index is 12.8. The van der Waals surface area contributed by atoms with Crippen LogP contribution in [0.4, 0.5) is 5.13 Å². The summed E-state index contributed by atoms with van der Waals surface area (Å²) in [6.45, 7) is 0. The third-order valence-corrected chi connectivity index (χ3v) is 5.82. The van der Waals surface area contributed by atoms with E-state index in [1.54, 1.807) is 24.3 Å². The molecule has 0 bridgehead atoms. The van der Waals surface area contributed by atoms with Gasteiger partial charge in [0.05, 0.1) is 11.9 Å². The highest BCUT2D eigenvalue weighted by atomic mass is 32.2. The summed E-state index contributed by atoms with van der Waals surface area (Å²) in [7, 11) is -3.88. The molecule has 162 valence electrons. The zero-order chi connectivity index (χ0) is 22.4. The molecule has 0 unspecified atom stereocenters. The van der Waals surface area contributed by atoms with Crippen LogP contribution in [0.1, 0.15) is 21.7 Å². The monoisotopic (exact) mass is 459 g/mol. The SMILES string of the molecule is CS(=O)(=O)O[C@H](CCc1ccccc1)C(=O)Nc1nc(-c2ccccc2)c(C(N)=O)s1. The summed E-state index contributed by atoms with van der Waals surface area (Å²) in [4.78, 5) is 29.1. The van der Waals surface area contributed by atoms with Gasteiger partial charge in [0.1, 0.15) is 4.88 Å². The van der Waals surface area contributed by atoms with Gasteiger partial charge in [-0.2, -0.15) is 8.42 Å². The second-order valence-corrected chi connectivity index (χ2v) is 9.33. The van der Waals surface area contributed by atoms with Gasteiger partial charge in [0.2, 0.25) is 0 Å². The predicted octanol–water partition coefficient (Wildman–Crippen LogP) is 2.83. The summed E-state index contributed by atoms with van der Waals surface area (Å²) in [5, 5.41) is 2.68. The normalized spacial score (nSPS) is 12.3. The number of carbonyl (C=O) groups is 2. The van der Waals surface area contributed by atoms with Crippen LogP contribution in [0.5, 0.6) is 0 Å². The number of hydrogen-bond donors (Lipinski definition) is 2. The average Bonchev–Trinajstić information content (AvgIpc) is 3.16. The summed E-state index contributed by atoms with van der Waals surface area (Å²) < 4.78 is 28.3. The molecule has 2 aromatic carbocycles. The lowest BCUT2D eigenvalue weighted by molar-refractivity contribution is -0.122. The van der Waals surface area contributed by atoms with Gasteiger partial charge in [-0.15, -0.1) is 0 Å². The largest absolute Gasteiger partial charge is 0.365 e. The van der Waals surface area contributed by atoms with E-state index in [0.29, 0.717) is 17.7 Å². The van der Waals surface area contributed by atoms with Crippen LogP contribution < -0.4 is 11.1 Å². The molecule has 0 saturated heterocycles. The number of nitrogens with zero attached hydrogens (tertiary/aromatic N) is 1. The molecule has 0 saturated carbocycles. The van der Waals surface area contributed by atoms with Crippen molar-refractivity contribution in [2.75, 3.05) is 11.6 Å². The summed E-state index contributed by atoms with van der Waals surface area (Å²) in [5.74, 6) is -1.35. The van der Waals surface area contributed by atoms with Gasteiger partial charge in [0.15, 0.2) is 11.2 Å². The number of primary amides is 1. The van der Waals surface area contributed by atoms with Crippen molar-refractivity contribution in [3.63, 3.8) is 0 Å². The smallest absolute Gasteiger partial charge is 0.265 e. The number of aromatic nitrogens is 1. The molecule has 0 radical (unpaired) electrons. The molecule has 3 rings (SSSR count). The highest BCUT2D eigenvalue weighted by Gasteiger charge is 2.26. The van der Waals surface area contributed by atoms with E-state index in [2.05, 4.69) is 10.3 Å². The van der Waals surface area contributed by atoms with Crippen LogP contribution in [0, 0.1) is 0 Å². The average molecular weight is 460 g/mol. The topological polar surface area (TPSA) is 128 Å². The number of thiazole rings is 1. The van der Waals surface area contributed by atoms with Crippen LogP contribution in [0.2, 0.25) is 0 Å². The zero-order valence-corrected chi connectivity index (χ0v) is 18.3. The third-order valence-electron chi connectivity index (χ3n) is 4.25. The van der Waals surface area contributed by atoms with Crippen molar-refractivity contribution in [1.82, 2.24) is 4.98 Å². The minimum Gasteiger partial charge on any atom is -0.365 e. The summed E-state index contributed by atoms with van der Waals surface area (Å²) in [6, 6.07) is 18.3. The number of hydrogen-bond acceptors (Lipinski definition) is 7. The van der Waals surface area contributed by atoms with Crippen LogP contribution in [-0.4, -0.2) is 37.6 Å². The van der Waals surface area contributed by atoms with Gasteiger partial charge in [-0.05, 0) is 18.4 Å². The van der Waals surface area contributed by atoms with Crippen LogP contribution in [0.15, 0.2) is 60.7 Å². The lowest BCUT2D eigenvalue weighted by atomic mass is 10.1. The van der Waals surface area contributed by atoms with Gasteiger partial charge in [-0.1, -0.05) is 72.0 Å². The molecule has 0 spiro atoms. The molecule has 1 heterocycles. The van der Waals surface area contributed by atoms with Crippen molar-refractivity contribution >= 4 is 38.4 Å².